The zero-order valence-electron chi connectivity index (χ0n) is 7.38. The SMILES string of the molecule is CC1CCC(SC2CC2)CC1. The van der Waals surface area contributed by atoms with Gasteiger partial charge in [0.25, 0.3) is 0 Å². The van der Waals surface area contributed by atoms with Gasteiger partial charge in [0.05, 0.1) is 0 Å². The van der Waals surface area contributed by atoms with Crippen molar-refractivity contribution < 1.29 is 0 Å². The molecule has 0 saturated heterocycles. The molecule has 2 aliphatic carbocycles. The van der Waals surface area contributed by atoms with E-state index in [-0.39, 0.29) is 0 Å². The molecule has 0 radical (unpaired) electrons. The fourth-order valence-corrected chi connectivity index (χ4v) is 3.34. The average Bonchev–Trinajstić information content (AvgIpc) is 2.78. The van der Waals surface area contributed by atoms with E-state index >= 15 is 0 Å². The van der Waals surface area contributed by atoms with Crippen molar-refractivity contribution in [1.82, 2.24) is 0 Å². The maximum atomic E-state index is 2.40. The topological polar surface area (TPSA) is 0 Å². The van der Waals surface area contributed by atoms with Gasteiger partial charge in [-0.1, -0.05) is 6.92 Å². The number of rotatable bonds is 2. The molecule has 0 amide bonds. The lowest BCUT2D eigenvalue weighted by Crippen LogP contribution is -2.14. The van der Waals surface area contributed by atoms with E-state index < -0.39 is 0 Å². The molecule has 2 rings (SSSR count). The van der Waals surface area contributed by atoms with Crippen molar-refractivity contribution in [2.24, 2.45) is 5.92 Å². The van der Waals surface area contributed by atoms with Crippen molar-refractivity contribution in [3.8, 4) is 0 Å². The maximum Gasteiger partial charge on any atom is 0.00506 e. The molecular formula is C10H18S. The quantitative estimate of drug-likeness (QED) is 0.611. The highest BCUT2D eigenvalue weighted by Gasteiger charge is 2.27. The number of hydrogen-bond donors (Lipinski definition) is 0. The first-order valence-electron chi connectivity index (χ1n) is 5.00. The van der Waals surface area contributed by atoms with Gasteiger partial charge in [-0.2, -0.15) is 11.8 Å². The van der Waals surface area contributed by atoms with Crippen molar-refractivity contribution in [3.05, 3.63) is 0 Å². The molecule has 11 heavy (non-hydrogen) atoms. The van der Waals surface area contributed by atoms with Crippen molar-refractivity contribution in [2.75, 3.05) is 0 Å². The minimum Gasteiger partial charge on any atom is -0.155 e. The zero-order valence-corrected chi connectivity index (χ0v) is 8.20. The molecule has 0 bridgehead atoms. The minimum absolute atomic E-state index is 1.02. The lowest BCUT2D eigenvalue weighted by atomic mass is 9.91. The van der Waals surface area contributed by atoms with E-state index in [2.05, 4.69) is 18.7 Å². The predicted molar refractivity (Wildman–Crippen MR) is 52.0 cm³/mol. The van der Waals surface area contributed by atoms with Crippen LogP contribution < -0.4 is 0 Å². The Balaban J connectivity index is 1.69. The molecular weight excluding hydrogens is 152 g/mol. The Morgan fingerprint density at radius 2 is 1.27 bits per heavy atom. The van der Waals surface area contributed by atoms with Gasteiger partial charge in [0.15, 0.2) is 0 Å². The summed E-state index contributed by atoms with van der Waals surface area (Å²) in [5.41, 5.74) is 0. The van der Waals surface area contributed by atoms with Gasteiger partial charge < -0.3 is 0 Å². The minimum atomic E-state index is 1.02. The Labute approximate surface area is 74.1 Å². The van der Waals surface area contributed by atoms with Crippen molar-refractivity contribution >= 4 is 11.8 Å². The van der Waals surface area contributed by atoms with Crippen molar-refractivity contribution in [2.45, 2.75) is 55.9 Å². The van der Waals surface area contributed by atoms with E-state index in [0.717, 1.165) is 16.4 Å². The van der Waals surface area contributed by atoms with Crippen LogP contribution in [-0.4, -0.2) is 10.5 Å². The van der Waals surface area contributed by atoms with Gasteiger partial charge in [0.2, 0.25) is 0 Å². The number of thioether (sulfide) groups is 1. The standard InChI is InChI=1S/C10H18S/c1-8-2-4-9(5-3-8)11-10-6-7-10/h8-10H,2-7H2,1H3. The molecule has 1 heteroatoms. The molecule has 0 aromatic carbocycles. The predicted octanol–water partition coefficient (Wildman–Crippen LogP) is 3.46. The van der Waals surface area contributed by atoms with Crippen LogP contribution in [0, 0.1) is 5.92 Å². The summed E-state index contributed by atoms with van der Waals surface area (Å²) in [7, 11) is 0. The van der Waals surface area contributed by atoms with Crippen LogP contribution >= 0.6 is 11.8 Å². The fraction of sp³-hybridized carbons (Fsp3) is 1.00. The van der Waals surface area contributed by atoms with Crippen LogP contribution in [0.1, 0.15) is 45.4 Å². The molecule has 0 spiro atoms. The lowest BCUT2D eigenvalue weighted by molar-refractivity contribution is 0.393. The molecule has 2 saturated carbocycles. The van der Waals surface area contributed by atoms with Crippen molar-refractivity contribution in [3.63, 3.8) is 0 Å². The fourth-order valence-electron chi connectivity index (χ4n) is 1.84. The van der Waals surface area contributed by atoms with Gasteiger partial charge in [-0.25, -0.2) is 0 Å². The summed E-state index contributed by atoms with van der Waals surface area (Å²) in [6.45, 7) is 2.40. The monoisotopic (exact) mass is 170 g/mol. The highest BCUT2D eigenvalue weighted by Crippen LogP contribution is 2.42. The zero-order chi connectivity index (χ0) is 7.68. The van der Waals surface area contributed by atoms with Crippen LogP contribution in [0.4, 0.5) is 0 Å². The molecule has 0 N–H and O–H groups in total. The largest absolute Gasteiger partial charge is 0.155 e. The Morgan fingerprint density at radius 1 is 0.818 bits per heavy atom. The van der Waals surface area contributed by atoms with E-state index in [1.807, 2.05) is 0 Å². The smallest absolute Gasteiger partial charge is 0.00506 e. The molecule has 0 aliphatic heterocycles. The van der Waals surface area contributed by atoms with Gasteiger partial charge in [-0.05, 0) is 44.4 Å². The molecule has 0 aromatic rings. The first-order chi connectivity index (χ1) is 5.34. The summed E-state index contributed by atoms with van der Waals surface area (Å²) >= 11 is 2.29. The molecule has 0 unspecified atom stereocenters. The Bertz CT molecular complexity index is 121. The van der Waals surface area contributed by atoms with Crippen LogP contribution in [0.25, 0.3) is 0 Å². The second kappa shape index (κ2) is 3.38. The molecule has 0 nitrogen and oxygen atoms in total. The summed E-state index contributed by atoms with van der Waals surface area (Å²) in [6, 6.07) is 0. The van der Waals surface area contributed by atoms with Crippen LogP contribution in [0.15, 0.2) is 0 Å². The summed E-state index contributed by atoms with van der Waals surface area (Å²) in [5, 5.41) is 2.12. The summed E-state index contributed by atoms with van der Waals surface area (Å²) < 4.78 is 0. The summed E-state index contributed by atoms with van der Waals surface area (Å²) in [5.74, 6) is 1.02. The van der Waals surface area contributed by atoms with E-state index in [1.165, 1.54) is 38.5 Å². The van der Waals surface area contributed by atoms with Gasteiger partial charge >= 0.3 is 0 Å². The Kier molecular flexibility index (Phi) is 2.45. The Morgan fingerprint density at radius 3 is 1.73 bits per heavy atom. The summed E-state index contributed by atoms with van der Waals surface area (Å²) in [4.78, 5) is 0. The lowest BCUT2D eigenvalue weighted by Gasteiger charge is -2.25. The van der Waals surface area contributed by atoms with E-state index in [0.29, 0.717) is 0 Å². The molecule has 2 fully saturated rings. The van der Waals surface area contributed by atoms with E-state index in [4.69, 9.17) is 0 Å². The van der Waals surface area contributed by atoms with E-state index in [9.17, 15) is 0 Å². The van der Waals surface area contributed by atoms with Gasteiger partial charge in [-0.15, -0.1) is 0 Å². The third-order valence-electron chi connectivity index (χ3n) is 2.87. The van der Waals surface area contributed by atoms with Crippen LogP contribution in [-0.2, 0) is 0 Å². The van der Waals surface area contributed by atoms with Crippen LogP contribution in [0.3, 0.4) is 0 Å². The molecule has 2 aliphatic rings. The normalized spacial score (nSPS) is 39.0. The highest BCUT2D eigenvalue weighted by molar-refractivity contribution is 8.00. The Hall–Kier alpha value is 0.350. The third-order valence-corrected chi connectivity index (χ3v) is 4.58. The molecule has 0 atom stereocenters. The van der Waals surface area contributed by atoms with E-state index in [1.54, 1.807) is 0 Å². The van der Waals surface area contributed by atoms with Crippen LogP contribution in [0.2, 0.25) is 0 Å². The van der Waals surface area contributed by atoms with Gasteiger partial charge in [0, 0.05) is 10.5 Å². The van der Waals surface area contributed by atoms with Crippen molar-refractivity contribution in [1.29, 1.82) is 0 Å². The second-order valence-electron chi connectivity index (χ2n) is 4.22. The second-order valence-corrected chi connectivity index (χ2v) is 5.82. The third kappa shape index (κ3) is 2.40. The highest BCUT2D eigenvalue weighted by atomic mass is 32.2. The summed E-state index contributed by atoms with van der Waals surface area (Å²) in [6.07, 6.45) is 9.01. The molecule has 0 aromatic heterocycles. The van der Waals surface area contributed by atoms with Gasteiger partial charge in [-0.3, -0.25) is 0 Å². The molecule has 0 heterocycles. The molecule has 64 valence electrons. The first-order valence-corrected chi connectivity index (χ1v) is 5.94. The maximum absolute atomic E-state index is 2.40. The first kappa shape index (κ1) is 7.97. The van der Waals surface area contributed by atoms with Crippen LogP contribution in [0.5, 0.6) is 0 Å². The average molecular weight is 170 g/mol. The van der Waals surface area contributed by atoms with Gasteiger partial charge in [0.1, 0.15) is 0 Å². The number of hydrogen-bond acceptors (Lipinski definition) is 1.